The molecule has 2 aliphatic rings. The number of ether oxygens (including phenoxy) is 1. The molecule has 0 unspecified atom stereocenters. The lowest BCUT2D eigenvalue weighted by Gasteiger charge is -2.29. The number of hydrogen-bond acceptors (Lipinski definition) is 6. The zero-order chi connectivity index (χ0) is 16.6. The second-order valence-corrected chi connectivity index (χ2v) is 5.34. The standard InChI is InChI=1S/C14H17N5O4/c1-8-9(7-10-11(20)15-14(22)16-12(10)21)13(18(2)17-8)19-3-5-23-6-4-19/h7H,3-6H2,1-2H3,(H2,15,16,20,21,22). The Bertz CT molecular complexity index is 693. The molecule has 0 aliphatic carbocycles. The second-order valence-electron chi connectivity index (χ2n) is 5.34. The Balaban J connectivity index is 2.02. The van der Waals surface area contributed by atoms with E-state index in [1.165, 1.54) is 6.08 Å². The molecule has 3 rings (SSSR count). The van der Waals surface area contributed by atoms with Gasteiger partial charge in [-0.05, 0) is 13.0 Å². The lowest BCUT2D eigenvalue weighted by Crippen LogP contribution is -2.51. The molecular weight excluding hydrogens is 302 g/mol. The third-order valence-corrected chi connectivity index (χ3v) is 3.78. The molecule has 2 saturated heterocycles. The van der Waals surface area contributed by atoms with E-state index in [4.69, 9.17) is 4.74 Å². The molecule has 2 fully saturated rings. The van der Waals surface area contributed by atoms with E-state index in [9.17, 15) is 14.4 Å². The minimum atomic E-state index is -0.812. The zero-order valence-electron chi connectivity index (χ0n) is 12.9. The van der Waals surface area contributed by atoms with Gasteiger partial charge in [0.15, 0.2) is 0 Å². The summed E-state index contributed by atoms with van der Waals surface area (Å²) >= 11 is 0. The molecule has 0 radical (unpaired) electrons. The predicted molar refractivity (Wildman–Crippen MR) is 80.6 cm³/mol. The van der Waals surface area contributed by atoms with Gasteiger partial charge in [0.1, 0.15) is 11.4 Å². The number of hydrogen-bond donors (Lipinski definition) is 2. The molecule has 0 bridgehead atoms. The number of carbonyl (C=O) groups is 3. The molecule has 1 aromatic rings. The topological polar surface area (TPSA) is 106 Å². The lowest BCUT2D eigenvalue weighted by molar-refractivity contribution is -0.123. The summed E-state index contributed by atoms with van der Waals surface area (Å²) in [5, 5.41) is 8.51. The van der Waals surface area contributed by atoms with E-state index in [1.54, 1.807) is 11.6 Å². The van der Waals surface area contributed by atoms with Crippen LogP contribution < -0.4 is 15.5 Å². The van der Waals surface area contributed by atoms with Crippen molar-refractivity contribution in [1.82, 2.24) is 20.4 Å². The van der Waals surface area contributed by atoms with E-state index in [2.05, 4.69) is 20.6 Å². The molecule has 3 heterocycles. The van der Waals surface area contributed by atoms with Gasteiger partial charge < -0.3 is 9.64 Å². The molecule has 9 nitrogen and oxygen atoms in total. The fourth-order valence-electron chi connectivity index (χ4n) is 2.73. The van der Waals surface area contributed by atoms with E-state index in [1.807, 2.05) is 7.05 Å². The van der Waals surface area contributed by atoms with Gasteiger partial charge in [-0.15, -0.1) is 0 Å². The van der Waals surface area contributed by atoms with Crippen molar-refractivity contribution in [3.05, 3.63) is 16.8 Å². The molecule has 0 atom stereocenters. The summed E-state index contributed by atoms with van der Waals surface area (Å²) in [6, 6.07) is -0.812. The van der Waals surface area contributed by atoms with Crippen LogP contribution in [0.3, 0.4) is 0 Å². The van der Waals surface area contributed by atoms with Crippen molar-refractivity contribution in [3.8, 4) is 0 Å². The van der Waals surface area contributed by atoms with Crippen LogP contribution in [0.15, 0.2) is 5.57 Å². The van der Waals surface area contributed by atoms with Crippen LogP contribution in [0.5, 0.6) is 0 Å². The number of barbiturate groups is 1. The van der Waals surface area contributed by atoms with Crippen molar-refractivity contribution in [2.75, 3.05) is 31.2 Å². The maximum absolute atomic E-state index is 11.9. The highest BCUT2D eigenvalue weighted by molar-refractivity contribution is 6.31. The fraction of sp³-hybridized carbons (Fsp3) is 0.429. The molecule has 23 heavy (non-hydrogen) atoms. The Morgan fingerprint density at radius 1 is 1.13 bits per heavy atom. The third kappa shape index (κ3) is 2.82. The summed E-state index contributed by atoms with van der Waals surface area (Å²) in [7, 11) is 1.81. The van der Waals surface area contributed by atoms with Gasteiger partial charge in [0.2, 0.25) is 0 Å². The first-order chi connectivity index (χ1) is 11.0. The van der Waals surface area contributed by atoms with Crippen LogP contribution in [0.1, 0.15) is 11.3 Å². The number of urea groups is 1. The van der Waals surface area contributed by atoms with Crippen molar-refractivity contribution in [3.63, 3.8) is 0 Å². The summed E-state index contributed by atoms with van der Waals surface area (Å²) in [4.78, 5) is 37.0. The average molecular weight is 319 g/mol. The number of aryl methyl sites for hydroxylation is 2. The molecular formula is C14H17N5O4. The normalized spacial score (nSPS) is 18.8. The molecule has 9 heteroatoms. The minimum Gasteiger partial charge on any atom is -0.378 e. The average Bonchev–Trinajstić information content (AvgIpc) is 2.77. The highest BCUT2D eigenvalue weighted by Gasteiger charge is 2.29. The van der Waals surface area contributed by atoms with Gasteiger partial charge in [0.05, 0.1) is 18.9 Å². The number of carbonyl (C=O) groups excluding carboxylic acids is 3. The number of imide groups is 2. The van der Waals surface area contributed by atoms with E-state index in [0.29, 0.717) is 37.6 Å². The molecule has 4 amide bonds. The number of amides is 4. The third-order valence-electron chi connectivity index (χ3n) is 3.78. The van der Waals surface area contributed by atoms with Crippen molar-refractivity contribution >= 4 is 29.7 Å². The van der Waals surface area contributed by atoms with Gasteiger partial charge in [-0.3, -0.25) is 24.9 Å². The van der Waals surface area contributed by atoms with Crippen LogP contribution in [0.4, 0.5) is 10.6 Å². The largest absolute Gasteiger partial charge is 0.378 e. The molecule has 0 aromatic carbocycles. The van der Waals surface area contributed by atoms with Crippen LogP contribution in [-0.2, 0) is 21.4 Å². The first kappa shape index (κ1) is 15.2. The van der Waals surface area contributed by atoms with E-state index in [0.717, 1.165) is 5.82 Å². The molecule has 122 valence electrons. The van der Waals surface area contributed by atoms with Gasteiger partial charge in [-0.2, -0.15) is 5.10 Å². The molecule has 1 aromatic heterocycles. The van der Waals surface area contributed by atoms with Crippen LogP contribution in [-0.4, -0.2) is 53.9 Å². The summed E-state index contributed by atoms with van der Waals surface area (Å²) in [6.07, 6.45) is 1.48. The van der Waals surface area contributed by atoms with Crippen molar-refractivity contribution < 1.29 is 19.1 Å². The molecule has 2 aliphatic heterocycles. The van der Waals surface area contributed by atoms with Gasteiger partial charge in [0, 0.05) is 25.7 Å². The Labute approximate surface area is 132 Å². The van der Waals surface area contributed by atoms with Crippen molar-refractivity contribution in [2.24, 2.45) is 7.05 Å². The Hall–Kier alpha value is -2.68. The number of anilines is 1. The van der Waals surface area contributed by atoms with Gasteiger partial charge in [-0.1, -0.05) is 0 Å². The highest BCUT2D eigenvalue weighted by Crippen LogP contribution is 2.27. The fourth-order valence-corrected chi connectivity index (χ4v) is 2.73. The zero-order valence-corrected chi connectivity index (χ0v) is 12.9. The molecule has 2 N–H and O–H groups in total. The SMILES string of the molecule is Cc1nn(C)c(N2CCOCC2)c1C=C1C(=O)NC(=O)NC1=O. The second kappa shape index (κ2) is 5.84. The Morgan fingerprint density at radius 2 is 1.74 bits per heavy atom. The monoisotopic (exact) mass is 319 g/mol. The van der Waals surface area contributed by atoms with Crippen LogP contribution >= 0.6 is 0 Å². The molecule has 0 saturated carbocycles. The van der Waals surface area contributed by atoms with Gasteiger partial charge in [-0.25, -0.2) is 4.79 Å². The number of morpholine rings is 1. The first-order valence-electron chi connectivity index (χ1n) is 7.22. The Kier molecular flexibility index (Phi) is 3.87. The van der Waals surface area contributed by atoms with E-state index in [-0.39, 0.29) is 5.57 Å². The quantitative estimate of drug-likeness (QED) is 0.552. The number of rotatable bonds is 2. The van der Waals surface area contributed by atoms with Crippen molar-refractivity contribution in [2.45, 2.75) is 6.92 Å². The predicted octanol–water partition coefficient (Wildman–Crippen LogP) is -0.685. The summed E-state index contributed by atoms with van der Waals surface area (Å²) in [6.45, 7) is 4.42. The lowest BCUT2D eigenvalue weighted by atomic mass is 10.1. The van der Waals surface area contributed by atoms with Gasteiger partial charge >= 0.3 is 6.03 Å². The van der Waals surface area contributed by atoms with E-state index >= 15 is 0 Å². The smallest absolute Gasteiger partial charge is 0.328 e. The first-order valence-corrected chi connectivity index (χ1v) is 7.22. The van der Waals surface area contributed by atoms with Crippen molar-refractivity contribution in [1.29, 1.82) is 0 Å². The maximum atomic E-state index is 11.9. The molecule has 0 spiro atoms. The summed E-state index contributed by atoms with van der Waals surface area (Å²) in [5.74, 6) is -0.610. The van der Waals surface area contributed by atoms with E-state index < -0.39 is 17.8 Å². The number of nitrogens with zero attached hydrogens (tertiary/aromatic N) is 3. The van der Waals surface area contributed by atoms with Gasteiger partial charge in [0.25, 0.3) is 11.8 Å². The summed E-state index contributed by atoms with van der Waals surface area (Å²) in [5.41, 5.74) is 1.26. The number of nitrogens with one attached hydrogen (secondary N) is 2. The Morgan fingerprint density at radius 3 is 2.35 bits per heavy atom. The summed E-state index contributed by atoms with van der Waals surface area (Å²) < 4.78 is 7.07. The number of aromatic nitrogens is 2. The highest BCUT2D eigenvalue weighted by atomic mass is 16.5. The minimum absolute atomic E-state index is 0.116. The van der Waals surface area contributed by atoms with Crippen LogP contribution in [0.2, 0.25) is 0 Å². The maximum Gasteiger partial charge on any atom is 0.328 e. The van der Waals surface area contributed by atoms with Crippen LogP contribution in [0, 0.1) is 6.92 Å². The van der Waals surface area contributed by atoms with Crippen LogP contribution in [0.25, 0.3) is 6.08 Å².